The first-order valence-corrected chi connectivity index (χ1v) is 16.1. The number of pyridine rings is 2. The second kappa shape index (κ2) is 12.0. The van der Waals surface area contributed by atoms with E-state index in [1.165, 1.54) is 5.56 Å². The lowest BCUT2D eigenvalue weighted by atomic mass is 9.91. The van der Waals surface area contributed by atoms with Crippen LogP contribution < -0.4 is 0 Å². The van der Waals surface area contributed by atoms with Gasteiger partial charge in [0.15, 0.2) is 6.10 Å². The standard InChI is InChI=1S/C36H35ClN4O3S/c1-8-43-35(42)31(44-36(4,5)6)29-20(2)17-28-32(30(29)22-9-11-24(37)12-10-22)45-34(40-28)23-15-16-38-27(18-23)26-14-13-25-21(3)19-41(7)33(25)39-26/h9-19,31H,8H2,1-7H3. The summed E-state index contributed by atoms with van der Waals surface area (Å²) in [4.78, 5) is 28.1. The lowest BCUT2D eigenvalue weighted by Crippen LogP contribution is -2.29. The van der Waals surface area contributed by atoms with Gasteiger partial charge in [0.05, 0.1) is 33.8 Å². The van der Waals surface area contributed by atoms with Crippen molar-refractivity contribution in [2.24, 2.45) is 7.05 Å². The lowest BCUT2D eigenvalue weighted by molar-refractivity contribution is -0.166. The largest absolute Gasteiger partial charge is 0.464 e. The van der Waals surface area contributed by atoms with Crippen molar-refractivity contribution >= 4 is 50.2 Å². The van der Waals surface area contributed by atoms with Gasteiger partial charge < -0.3 is 14.0 Å². The van der Waals surface area contributed by atoms with Gasteiger partial charge in [0, 0.05) is 46.5 Å². The van der Waals surface area contributed by atoms with Crippen LogP contribution in [0.4, 0.5) is 0 Å². The first-order chi connectivity index (χ1) is 21.4. The molecule has 0 saturated carbocycles. The van der Waals surface area contributed by atoms with Crippen LogP contribution in [0, 0.1) is 13.8 Å². The van der Waals surface area contributed by atoms with E-state index in [-0.39, 0.29) is 6.61 Å². The first kappa shape index (κ1) is 30.9. The highest BCUT2D eigenvalue weighted by atomic mass is 35.5. The summed E-state index contributed by atoms with van der Waals surface area (Å²) >= 11 is 7.87. The zero-order valence-corrected chi connectivity index (χ0v) is 28.0. The highest BCUT2D eigenvalue weighted by Crippen LogP contribution is 2.45. The molecule has 0 aliphatic rings. The minimum atomic E-state index is -0.930. The molecule has 0 fully saturated rings. The summed E-state index contributed by atoms with van der Waals surface area (Å²) < 4.78 is 14.9. The van der Waals surface area contributed by atoms with Crippen LogP contribution in [0.3, 0.4) is 0 Å². The molecule has 2 aromatic carbocycles. The molecule has 0 radical (unpaired) electrons. The number of hydrogen-bond donors (Lipinski definition) is 0. The van der Waals surface area contributed by atoms with Crippen LogP contribution in [0.25, 0.3) is 54.3 Å². The summed E-state index contributed by atoms with van der Waals surface area (Å²) in [5.74, 6) is -0.425. The van der Waals surface area contributed by atoms with Crippen molar-refractivity contribution in [1.29, 1.82) is 0 Å². The Kier molecular flexibility index (Phi) is 8.24. The second-order valence-corrected chi connectivity index (χ2v) is 13.6. The number of carbonyl (C=O) groups excluding carboxylic acids is 1. The molecule has 0 aliphatic carbocycles. The molecular formula is C36H35ClN4O3S. The van der Waals surface area contributed by atoms with Gasteiger partial charge in [-0.3, -0.25) is 4.98 Å². The molecule has 9 heteroatoms. The molecule has 0 saturated heterocycles. The van der Waals surface area contributed by atoms with E-state index < -0.39 is 17.7 Å². The third kappa shape index (κ3) is 6.10. The van der Waals surface area contributed by atoms with Gasteiger partial charge in [0.2, 0.25) is 0 Å². The number of esters is 1. The van der Waals surface area contributed by atoms with Crippen LogP contribution in [0.15, 0.2) is 67.0 Å². The van der Waals surface area contributed by atoms with Crippen molar-refractivity contribution in [3.8, 4) is 33.1 Å². The molecule has 6 aromatic rings. The van der Waals surface area contributed by atoms with Crippen LogP contribution in [-0.4, -0.2) is 37.7 Å². The summed E-state index contributed by atoms with van der Waals surface area (Å²) in [6.07, 6.45) is 2.95. The van der Waals surface area contributed by atoms with Crippen molar-refractivity contribution in [3.05, 3.63) is 88.7 Å². The molecule has 0 spiro atoms. The highest BCUT2D eigenvalue weighted by molar-refractivity contribution is 7.22. The fourth-order valence-electron chi connectivity index (χ4n) is 5.66. The minimum absolute atomic E-state index is 0.251. The number of rotatable bonds is 7. The van der Waals surface area contributed by atoms with Crippen LogP contribution >= 0.6 is 22.9 Å². The first-order valence-electron chi connectivity index (χ1n) is 14.9. The van der Waals surface area contributed by atoms with E-state index in [1.54, 1.807) is 24.5 Å². The normalized spacial score (nSPS) is 12.6. The maximum atomic E-state index is 13.5. The van der Waals surface area contributed by atoms with Crippen molar-refractivity contribution in [2.75, 3.05) is 6.61 Å². The van der Waals surface area contributed by atoms with Gasteiger partial charge in [-0.2, -0.15) is 0 Å². The molecule has 0 bridgehead atoms. The lowest BCUT2D eigenvalue weighted by Gasteiger charge is -2.29. The Labute approximate surface area is 271 Å². The Morgan fingerprint density at radius 2 is 1.73 bits per heavy atom. The van der Waals surface area contributed by atoms with Gasteiger partial charge in [-0.15, -0.1) is 11.3 Å². The maximum absolute atomic E-state index is 13.5. The van der Waals surface area contributed by atoms with Gasteiger partial charge >= 0.3 is 5.97 Å². The zero-order chi connectivity index (χ0) is 32.0. The molecule has 7 nitrogen and oxygen atoms in total. The molecule has 4 aromatic heterocycles. The average Bonchev–Trinajstić information content (AvgIpc) is 3.55. The number of nitrogens with zero attached hydrogens (tertiary/aromatic N) is 4. The number of aromatic nitrogens is 4. The number of hydrogen-bond acceptors (Lipinski definition) is 7. The summed E-state index contributed by atoms with van der Waals surface area (Å²) in [5, 5.41) is 2.59. The summed E-state index contributed by atoms with van der Waals surface area (Å²) in [6.45, 7) is 11.9. The molecule has 1 atom stereocenters. The van der Waals surface area contributed by atoms with E-state index in [2.05, 4.69) is 24.2 Å². The van der Waals surface area contributed by atoms with Gasteiger partial charge in [-0.1, -0.05) is 23.7 Å². The fraction of sp³-hybridized carbons (Fsp3) is 0.278. The Hall–Kier alpha value is -4.11. The van der Waals surface area contributed by atoms with Gasteiger partial charge in [0.1, 0.15) is 10.7 Å². The molecule has 0 N–H and O–H groups in total. The average molecular weight is 639 g/mol. The van der Waals surface area contributed by atoms with E-state index in [9.17, 15) is 4.79 Å². The van der Waals surface area contributed by atoms with Crippen molar-refractivity contribution in [3.63, 3.8) is 0 Å². The molecule has 0 aliphatic heterocycles. The van der Waals surface area contributed by atoms with E-state index in [0.717, 1.165) is 65.5 Å². The fourth-order valence-corrected chi connectivity index (χ4v) is 6.91. The number of halogens is 1. The van der Waals surface area contributed by atoms with Crippen LogP contribution in [-0.2, 0) is 21.3 Å². The van der Waals surface area contributed by atoms with Gasteiger partial charge in [-0.05, 0) is 101 Å². The van der Waals surface area contributed by atoms with E-state index in [4.69, 9.17) is 31.0 Å². The topological polar surface area (TPSA) is 79.1 Å². The maximum Gasteiger partial charge on any atom is 0.339 e. The number of ether oxygens (including phenoxy) is 2. The van der Waals surface area contributed by atoms with E-state index in [1.807, 2.05) is 87.8 Å². The van der Waals surface area contributed by atoms with Gasteiger partial charge in [0.25, 0.3) is 0 Å². The number of thiazole rings is 1. The predicted octanol–water partition coefficient (Wildman–Crippen LogP) is 9.27. The smallest absolute Gasteiger partial charge is 0.339 e. The molecule has 45 heavy (non-hydrogen) atoms. The van der Waals surface area contributed by atoms with E-state index >= 15 is 0 Å². The predicted molar refractivity (Wildman–Crippen MR) is 183 cm³/mol. The highest BCUT2D eigenvalue weighted by Gasteiger charge is 2.33. The van der Waals surface area contributed by atoms with E-state index in [0.29, 0.717) is 5.02 Å². The molecule has 6 rings (SSSR count). The van der Waals surface area contributed by atoms with Crippen molar-refractivity contribution < 1.29 is 14.3 Å². The Morgan fingerprint density at radius 3 is 2.44 bits per heavy atom. The SMILES string of the molecule is CCOC(=O)C(OC(C)(C)C)c1c(C)cc2nc(-c3ccnc(-c4ccc5c(C)cn(C)c5n4)c3)sc2c1-c1ccc(Cl)cc1. The Morgan fingerprint density at radius 1 is 0.978 bits per heavy atom. The number of carbonyl (C=O) groups is 1. The van der Waals surface area contributed by atoms with Crippen molar-refractivity contribution in [1.82, 2.24) is 19.5 Å². The minimum Gasteiger partial charge on any atom is -0.464 e. The summed E-state index contributed by atoms with van der Waals surface area (Å²) in [5.41, 5.74) is 8.27. The second-order valence-electron chi connectivity index (χ2n) is 12.1. The number of benzene rings is 2. The van der Waals surface area contributed by atoms with Gasteiger partial charge in [-0.25, -0.2) is 14.8 Å². The quantitative estimate of drug-likeness (QED) is 0.162. The zero-order valence-electron chi connectivity index (χ0n) is 26.4. The number of aryl methyl sites for hydroxylation is 3. The molecule has 1 unspecified atom stereocenters. The summed E-state index contributed by atoms with van der Waals surface area (Å²) in [6, 6.07) is 17.8. The van der Waals surface area contributed by atoms with Crippen LogP contribution in [0.2, 0.25) is 5.02 Å². The third-order valence-corrected chi connectivity index (χ3v) is 8.98. The molecule has 4 heterocycles. The van der Waals surface area contributed by atoms with Crippen LogP contribution in [0.5, 0.6) is 0 Å². The Balaban J connectivity index is 1.53. The van der Waals surface area contributed by atoms with Crippen LogP contribution in [0.1, 0.15) is 50.5 Å². The monoisotopic (exact) mass is 638 g/mol. The number of fused-ring (bicyclic) bond motifs is 2. The molecule has 230 valence electrons. The Bertz CT molecular complexity index is 2060. The third-order valence-electron chi connectivity index (χ3n) is 7.59. The molecular weight excluding hydrogens is 604 g/mol. The van der Waals surface area contributed by atoms with Crippen molar-refractivity contribution in [2.45, 2.75) is 53.2 Å². The molecule has 0 amide bonds. The summed E-state index contributed by atoms with van der Waals surface area (Å²) in [7, 11) is 2.00.